The van der Waals surface area contributed by atoms with Crippen molar-refractivity contribution in [1.29, 1.82) is 0 Å². The summed E-state index contributed by atoms with van der Waals surface area (Å²) in [4.78, 5) is 70.0. The summed E-state index contributed by atoms with van der Waals surface area (Å²) in [6, 6.07) is 16.9. The number of amides is 4. The van der Waals surface area contributed by atoms with E-state index in [-0.39, 0.29) is 36.1 Å². The predicted molar refractivity (Wildman–Crippen MR) is 203 cm³/mol. The second-order valence-corrected chi connectivity index (χ2v) is 14.1. The number of hydrogen-bond acceptors (Lipinski definition) is 10. The van der Waals surface area contributed by atoms with Crippen LogP contribution < -0.4 is 21.3 Å². The first-order chi connectivity index (χ1) is 26.0. The molecule has 4 N–H and O–H groups in total. The van der Waals surface area contributed by atoms with E-state index in [4.69, 9.17) is 9.14 Å². The number of carbonyl (C=O) groups is 4. The Bertz CT molecular complexity index is 1680. The summed E-state index contributed by atoms with van der Waals surface area (Å²) in [7, 11) is -1.62. The van der Waals surface area contributed by atoms with Gasteiger partial charge >= 0.3 is 14.2 Å². The van der Waals surface area contributed by atoms with Crippen molar-refractivity contribution < 1.29 is 28.3 Å². The van der Waals surface area contributed by atoms with Gasteiger partial charge in [0, 0.05) is 37.6 Å². The highest BCUT2D eigenvalue weighted by atomic mass is 16.7. The zero-order valence-corrected chi connectivity index (χ0v) is 30.9. The molecule has 4 aromatic rings. The number of hydrogen-bond donors (Lipinski definition) is 4. The standard InChI is InChI=1S/C38H46B2N8O6/c1-25(2)19-33(47-35(49)29(21-27-11-7-5-8-12-27)45-37(51)31-23-41-15-17-43-31)39-53-40(54-39)34(20-26(3)4)48-36(50)30(22-28-13-9-6-10-14-28)46-38(52)32-24-42-16-18-44-32/h5-18,23-26,29-30,33-34H,19-22H2,1-4H3,(H,45,51)(H,46,52)(H,47,49)(H,48,50). The summed E-state index contributed by atoms with van der Waals surface area (Å²) in [5.74, 6) is -2.68. The zero-order valence-electron chi connectivity index (χ0n) is 30.9. The van der Waals surface area contributed by atoms with Crippen molar-refractivity contribution in [2.75, 3.05) is 0 Å². The fraction of sp³-hybridized carbons (Fsp3) is 0.368. The maximum Gasteiger partial charge on any atom is 0.453 e. The van der Waals surface area contributed by atoms with Crippen LogP contribution in [-0.4, -0.2) is 81.8 Å². The van der Waals surface area contributed by atoms with Crippen molar-refractivity contribution in [3.63, 3.8) is 0 Å². The first-order valence-corrected chi connectivity index (χ1v) is 18.2. The van der Waals surface area contributed by atoms with Crippen LogP contribution >= 0.6 is 0 Å². The third-order valence-corrected chi connectivity index (χ3v) is 8.70. The van der Waals surface area contributed by atoms with Gasteiger partial charge in [-0.3, -0.25) is 29.1 Å². The highest BCUT2D eigenvalue weighted by Gasteiger charge is 2.51. The van der Waals surface area contributed by atoms with E-state index in [1.165, 1.54) is 37.2 Å². The van der Waals surface area contributed by atoms with Crippen LogP contribution in [-0.2, 0) is 31.6 Å². The third kappa shape index (κ3) is 11.8. The first kappa shape index (κ1) is 39.7. The van der Waals surface area contributed by atoms with Crippen molar-refractivity contribution in [3.05, 3.63) is 120 Å². The average Bonchev–Trinajstić information content (AvgIpc) is 3.14. The Kier molecular flexibility index (Phi) is 14.4. The van der Waals surface area contributed by atoms with Gasteiger partial charge in [-0.2, -0.15) is 0 Å². The molecule has 0 radical (unpaired) electrons. The van der Waals surface area contributed by atoms with Gasteiger partial charge in [0.05, 0.1) is 24.3 Å². The van der Waals surface area contributed by atoms with Gasteiger partial charge in [0.2, 0.25) is 11.8 Å². The van der Waals surface area contributed by atoms with Gasteiger partial charge < -0.3 is 30.4 Å². The van der Waals surface area contributed by atoms with Crippen LogP contribution in [0.3, 0.4) is 0 Å². The number of benzene rings is 2. The summed E-state index contributed by atoms with van der Waals surface area (Å²) in [6.45, 7) is 8.10. The van der Waals surface area contributed by atoms with Crippen LogP contribution in [0.15, 0.2) is 97.8 Å². The summed E-state index contributed by atoms with van der Waals surface area (Å²) in [5.41, 5.74) is 1.90. The lowest BCUT2D eigenvalue weighted by atomic mass is 9.58. The largest absolute Gasteiger partial charge is 0.453 e. The average molecular weight is 732 g/mol. The maximum atomic E-state index is 13.9. The van der Waals surface area contributed by atoms with Gasteiger partial charge in [-0.05, 0) is 35.8 Å². The van der Waals surface area contributed by atoms with Crippen molar-refractivity contribution in [2.45, 2.75) is 77.3 Å². The fourth-order valence-electron chi connectivity index (χ4n) is 6.13. The highest BCUT2D eigenvalue weighted by Crippen LogP contribution is 2.23. The molecule has 2 aromatic heterocycles. The lowest BCUT2D eigenvalue weighted by Gasteiger charge is -2.41. The molecule has 54 heavy (non-hydrogen) atoms. The van der Waals surface area contributed by atoms with E-state index in [0.717, 1.165) is 11.1 Å². The first-order valence-electron chi connectivity index (χ1n) is 18.2. The minimum Gasteiger partial charge on any atom is -0.450 e. The van der Waals surface area contributed by atoms with Crippen LogP contribution in [0.4, 0.5) is 0 Å². The molecule has 0 bridgehead atoms. The predicted octanol–water partition coefficient (Wildman–Crippen LogP) is 2.81. The molecule has 4 atom stereocenters. The molecule has 0 saturated carbocycles. The van der Waals surface area contributed by atoms with E-state index in [1.54, 1.807) is 0 Å². The molecule has 14 nitrogen and oxygen atoms in total. The molecule has 1 aliphatic heterocycles. The second-order valence-electron chi connectivity index (χ2n) is 14.1. The molecule has 3 heterocycles. The number of carbonyl (C=O) groups excluding carboxylic acids is 4. The van der Waals surface area contributed by atoms with Crippen LogP contribution in [0.5, 0.6) is 0 Å². The molecule has 0 spiro atoms. The normalized spacial score (nSPS) is 14.7. The van der Waals surface area contributed by atoms with Crippen molar-refractivity contribution in [1.82, 2.24) is 41.2 Å². The molecule has 5 rings (SSSR count). The molecule has 0 aliphatic carbocycles. The maximum absolute atomic E-state index is 13.9. The molecule has 1 aliphatic rings. The summed E-state index contributed by atoms with van der Waals surface area (Å²) < 4.78 is 12.6. The molecule has 280 valence electrons. The molecule has 4 amide bonds. The monoisotopic (exact) mass is 732 g/mol. The van der Waals surface area contributed by atoms with Crippen LogP contribution in [0.25, 0.3) is 0 Å². The smallest absolute Gasteiger partial charge is 0.450 e. The quantitative estimate of drug-likeness (QED) is 0.111. The molecule has 2 aromatic carbocycles. The summed E-state index contributed by atoms with van der Waals surface area (Å²) >= 11 is 0. The Labute approximate surface area is 316 Å². The Morgan fingerprint density at radius 3 is 1.30 bits per heavy atom. The Morgan fingerprint density at radius 2 is 0.963 bits per heavy atom. The van der Waals surface area contributed by atoms with Gasteiger partial charge in [-0.15, -0.1) is 0 Å². The fourth-order valence-corrected chi connectivity index (χ4v) is 6.13. The van der Waals surface area contributed by atoms with E-state index in [0.29, 0.717) is 12.8 Å². The molecule has 1 fully saturated rings. The van der Waals surface area contributed by atoms with Crippen molar-refractivity contribution in [3.8, 4) is 0 Å². The third-order valence-electron chi connectivity index (χ3n) is 8.70. The Hall–Kier alpha value is -5.47. The minimum atomic E-state index is -0.931. The Balaban J connectivity index is 1.27. The van der Waals surface area contributed by atoms with Crippen LogP contribution in [0.1, 0.15) is 72.6 Å². The van der Waals surface area contributed by atoms with E-state index >= 15 is 0 Å². The van der Waals surface area contributed by atoms with E-state index in [2.05, 4.69) is 41.2 Å². The SMILES string of the molecule is CC(C)CC(NC(=O)C(Cc1ccccc1)NC(=O)c1cnccn1)B1OB(C(CC(C)C)NC(=O)C(Cc2ccccc2)NC(=O)c2cnccn2)O1. The molecule has 1 saturated heterocycles. The number of nitrogens with one attached hydrogen (secondary N) is 4. The Morgan fingerprint density at radius 1 is 0.574 bits per heavy atom. The van der Waals surface area contributed by atoms with Crippen LogP contribution in [0.2, 0.25) is 0 Å². The van der Waals surface area contributed by atoms with Crippen molar-refractivity contribution in [2.24, 2.45) is 11.8 Å². The number of nitrogens with zero attached hydrogens (tertiary/aromatic N) is 4. The van der Waals surface area contributed by atoms with Crippen molar-refractivity contribution >= 4 is 37.9 Å². The lowest BCUT2D eigenvalue weighted by molar-refractivity contribution is -0.124. The number of rotatable bonds is 18. The molecule has 16 heteroatoms. The molecular weight excluding hydrogens is 686 g/mol. The lowest BCUT2D eigenvalue weighted by Crippen LogP contribution is -2.69. The number of aromatic nitrogens is 4. The van der Waals surface area contributed by atoms with E-state index < -0.39 is 61.8 Å². The van der Waals surface area contributed by atoms with E-state index in [1.807, 2.05) is 88.4 Å². The summed E-state index contributed by atoms with van der Waals surface area (Å²) in [6.07, 6.45) is 9.96. The van der Waals surface area contributed by atoms with Crippen LogP contribution in [0, 0.1) is 11.8 Å². The van der Waals surface area contributed by atoms with Gasteiger partial charge in [0.15, 0.2) is 0 Å². The van der Waals surface area contributed by atoms with Gasteiger partial charge in [0.1, 0.15) is 23.5 Å². The minimum absolute atomic E-state index is 0.0909. The van der Waals surface area contributed by atoms with Gasteiger partial charge in [0.25, 0.3) is 11.8 Å². The molecule has 4 unspecified atom stereocenters. The topological polar surface area (TPSA) is 186 Å². The zero-order chi connectivity index (χ0) is 38.5. The molecular formula is C38H46B2N8O6. The van der Waals surface area contributed by atoms with E-state index in [9.17, 15) is 19.2 Å². The second kappa shape index (κ2) is 19.6. The van der Waals surface area contributed by atoms with Gasteiger partial charge in [-0.1, -0.05) is 88.4 Å². The van der Waals surface area contributed by atoms with Gasteiger partial charge in [-0.25, -0.2) is 9.97 Å². The summed E-state index contributed by atoms with van der Waals surface area (Å²) in [5, 5.41) is 11.8. The highest BCUT2D eigenvalue weighted by molar-refractivity contribution is 6.75.